The molecule has 0 radical (unpaired) electrons. The normalized spacial score (nSPS) is 17.6. The predicted octanol–water partition coefficient (Wildman–Crippen LogP) is 4.09. The Balaban J connectivity index is 1.91. The second kappa shape index (κ2) is 4.78. The van der Waals surface area contributed by atoms with E-state index < -0.39 is 11.7 Å². The van der Waals surface area contributed by atoms with Crippen molar-refractivity contribution in [2.45, 2.75) is 38.8 Å². The van der Waals surface area contributed by atoms with E-state index in [0.29, 0.717) is 11.2 Å². The number of hydrogen-bond donors (Lipinski definition) is 1. The molecule has 0 atom stereocenters. The van der Waals surface area contributed by atoms with Gasteiger partial charge in [-0.05, 0) is 36.8 Å². The van der Waals surface area contributed by atoms with Gasteiger partial charge in [0.15, 0.2) is 0 Å². The van der Waals surface area contributed by atoms with E-state index in [-0.39, 0.29) is 0 Å². The summed E-state index contributed by atoms with van der Waals surface area (Å²) in [4.78, 5) is 3.81. The van der Waals surface area contributed by atoms with Gasteiger partial charge in [0.05, 0.1) is 5.56 Å². The predicted molar refractivity (Wildman–Crippen MR) is 64.3 cm³/mol. The van der Waals surface area contributed by atoms with Crippen LogP contribution in [0.4, 0.5) is 19.0 Å². The second-order valence-corrected chi connectivity index (χ2v) is 5.03. The van der Waals surface area contributed by atoms with Crippen LogP contribution in [0.2, 0.25) is 0 Å². The van der Waals surface area contributed by atoms with Crippen LogP contribution in [0, 0.1) is 5.41 Å². The summed E-state index contributed by atoms with van der Waals surface area (Å²) in [6, 6.07) is 2.46. The van der Waals surface area contributed by atoms with E-state index in [1.54, 1.807) is 0 Å². The van der Waals surface area contributed by atoms with Gasteiger partial charge in [-0.25, -0.2) is 4.98 Å². The standard InChI is InChI=1S/C13H17F3N2/c1-2-5-12(6-7-12)9-18-11-4-3-10(8-17-11)13(14,15)16/h3-4,8H,2,5-7,9H2,1H3,(H,17,18). The van der Waals surface area contributed by atoms with Crippen LogP contribution in [0.1, 0.15) is 38.2 Å². The number of rotatable bonds is 5. The Morgan fingerprint density at radius 1 is 1.33 bits per heavy atom. The van der Waals surface area contributed by atoms with Crippen molar-refractivity contribution >= 4 is 5.82 Å². The van der Waals surface area contributed by atoms with Crippen molar-refractivity contribution in [2.75, 3.05) is 11.9 Å². The Morgan fingerprint density at radius 3 is 2.50 bits per heavy atom. The molecule has 2 rings (SSSR count). The molecule has 1 heterocycles. The SMILES string of the molecule is CCCC1(CNc2ccc(C(F)(F)F)cn2)CC1. The zero-order valence-corrected chi connectivity index (χ0v) is 10.3. The second-order valence-electron chi connectivity index (χ2n) is 5.03. The average Bonchev–Trinajstić information content (AvgIpc) is 3.07. The van der Waals surface area contributed by atoms with E-state index in [1.807, 2.05) is 0 Å². The highest BCUT2D eigenvalue weighted by Crippen LogP contribution is 2.49. The van der Waals surface area contributed by atoms with E-state index in [2.05, 4.69) is 17.2 Å². The Hall–Kier alpha value is -1.26. The largest absolute Gasteiger partial charge is 0.417 e. The number of halogens is 3. The highest BCUT2D eigenvalue weighted by atomic mass is 19.4. The van der Waals surface area contributed by atoms with Crippen molar-refractivity contribution in [3.05, 3.63) is 23.9 Å². The summed E-state index contributed by atoms with van der Waals surface area (Å²) < 4.78 is 37.0. The Labute approximate surface area is 105 Å². The molecule has 1 N–H and O–H groups in total. The molecule has 1 aliphatic rings. The average molecular weight is 258 g/mol. The first-order valence-electron chi connectivity index (χ1n) is 6.22. The zero-order valence-electron chi connectivity index (χ0n) is 10.3. The van der Waals surface area contributed by atoms with Gasteiger partial charge in [-0.15, -0.1) is 0 Å². The van der Waals surface area contributed by atoms with Crippen LogP contribution in [0.25, 0.3) is 0 Å². The maximum Gasteiger partial charge on any atom is 0.417 e. The van der Waals surface area contributed by atoms with Crippen molar-refractivity contribution in [3.8, 4) is 0 Å². The number of aromatic nitrogens is 1. The number of hydrogen-bond acceptors (Lipinski definition) is 2. The molecule has 2 nitrogen and oxygen atoms in total. The minimum atomic E-state index is -4.31. The molecule has 18 heavy (non-hydrogen) atoms. The lowest BCUT2D eigenvalue weighted by molar-refractivity contribution is -0.137. The molecule has 1 aromatic heterocycles. The molecular formula is C13H17F3N2. The van der Waals surface area contributed by atoms with Crippen LogP contribution in [-0.4, -0.2) is 11.5 Å². The molecule has 0 amide bonds. The molecule has 100 valence electrons. The van der Waals surface area contributed by atoms with Crippen molar-refractivity contribution in [2.24, 2.45) is 5.41 Å². The lowest BCUT2D eigenvalue weighted by atomic mass is 10.0. The number of anilines is 1. The number of nitrogens with zero attached hydrogens (tertiary/aromatic N) is 1. The summed E-state index contributed by atoms with van der Waals surface area (Å²) in [5.74, 6) is 0.519. The first-order chi connectivity index (χ1) is 8.45. The van der Waals surface area contributed by atoms with E-state index in [1.165, 1.54) is 25.3 Å². The van der Waals surface area contributed by atoms with Crippen molar-refractivity contribution in [1.29, 1.82) is 0 Å². The molecular weight excluding hydrogens is 241 g/mol. The molecule has 1 aromatic rings. The Morgan fingerprint density at radius 2 is 2.06 bits per heavy atom. The van der Waals surface area contributed by atoms with E-state index >= 15 is 0 Å². The smallest absolute Gasteiger partial charge is 0.370 e. The molecule has 5 heteroatoms. The van der Waals surface area contributed by atoms with E-state index in [0.717, 1.165) is 25.2 Å². The third-order valence-corrected chi connectivity index (χ3v) is 3.47. The Kier molecular flexibility index (Phi) is 3.50. The quantitative estimate of drug-likeness (QED) is 0.860. The molecule has 0 saturated heterocycles. The topological polar surface area (TPSA) is 24.9 Å². The molecule has 1 saturated carbocycles. The van der Waals surface area contributed by atoms with Crippen LogP contribution >= 0.6 is 0 Å². The lowest BCUT2D eigenvalue weighted by Gasteiger charge is -2.15. The highest BCUT2D eigenvalue weighted by Gasteiger charge is 2.41. The molecule has 1 aliphatic carbocycles. The summed E-state index contributed by atoms with van der Waals surface area (Å²) in [5.41, 5.74) is -0.346. The fourth-order valence-corrected chi connectivity index (χ4v) is 2.17. The van der Waals surface area contributed by atoms with Gasteiger partial charge < -0.3 is 5.32 Å². The van der Waals surface area contributed by atoms with Crippen LogP contribution in [0.5, 0.6) is 0 Å². The van der Waals surface area contributed by atoms with Crippen LogP contribution in [-0.2, 0) is 6.18 Å². The lowest BCUT2D eigenvalue weighted by Crippen LogP contribution is -2.16. The minimum absolute atomic E-state index is 0.360. The molecule has 1 fully saturated rings. The summed E-state index contributed by atoms with van der Waals surface area (Å²) in [7, 11) is 0. The van der Waals surface area contributed by atoms with Gasteiger partial charge in [0.25, 0.3) is 0 Å². The van der Waals surface area contributed by atoms with Gasteiger partial charge in [-0.3, -0.25) is 0 Å². The Bertz CT molecular complexity index is 394. The molecule has 0 bridgehead atoms. The molecule has 0 aromatic carbocycles. The van der Waals surface area contributed by atoms with E-state index in [4.69, 9.17) is 0 Å². The number of alkyl halides is 3. The summed E-state index contributed by atoms with van der Waals surface area (Å²) in [6.45, 7) is 2.95. The maximum atomic E-state index is 12.3. The van der Waals surface area contributed by atoms with Gasteiger partial charge in [0.2, 0.25) is 0 Å². The van der Waals surface area contributed by atoms with Crippen LogP contribution in [0.15, 0.2) is 18.3 Å². The maximum absolute atomic E-state index is 12.3. The van der Waals surface area contributed by atoms with E-state index in [9.17, 15) is 13.2 Å². The highest BCUT2D eigenvalue weighted by molar-refractivity contribution is 5.36. The van der Waals surface area contributed by atoms with Crippen molar-refractivity contribution < 1.29 is 13.2 Å². The third kappa shape index (κ3) is 3.15. The van der Waals surface area contributed by atoms with Gasteiger partial charge in [0, 0.05) is 12.7 Å². The fraction of sp³-hybridized carbons (Fsp3) is 0.615. The van der Waals surface area contributed by atoms with Gasteiger partial charge in [0.1, 0.15) is 5.82 Å². The van der Waals surface area contributed by atoms with Crippen LogP contribution in [0.3, 0.4) is 0 Å². The first-order valence-corrected chi connectivity index (χ1v) is 6.22. The summed E-state index contributed by atoms with van der Waals surface area (Å²) in [6.07, 6.45) is 1.28. The first kappa shape index (κ1) is 13.2. The number of pyridine rings is 1. The summed E-state index contributed by atoms with van der Waals surface area (Å²) >= 11 is 0. The monoisotopic (exact) mass is 258 g/mol. The molecule has 0 spiro atoms. The van der Waals surface area contributed by atoms with Crippen LogP contribution < -0.4 is 5.32 Å². The summed E-state index contributed by atoms with van der Waals surface area (Å²) in [5, 5.41) is 3.13. The van der Waals surface area contributed by atoms with Crippen molar-refractivity contribution in [3.63, 3.8) is 0 Å². The fourth-order valence-electron chi connectivity index (χ4n) is 2.17. The minimum Gasteiger partial charge on any atom is -0.370 e. The molecule has 0 unspecified atom stereocenters. The molecule has 0 aliphatic heterocycles. The third-order valence-electron chi connectivity index (χ3n) is 3.47. The van der Waals surface area contributed by atoms with Gasteiger partial charge >= 0.3 is 6.18 Å². The van der Waals surface area contributed by atoms with Gasteiger partial charge in [-0.1, -0.05) is 13.3 Å². The zero-order chi connectivity index (χ0) is 13.2. The van der Waals surface area contributed by atoms with Crippen molar-refractivity contribution in [1.82, 2.24) is 4.98 Å². The number of nitrogens with one attached hydrogen (secondary N) is 1. The van der Waals surface area contributed by atoms with Gasteiger partial charge in [-0.2, -0.15) is 13.2 Å².